The molecule has 4 nitrogen and oxygen atoms in total. The third-order valence-electron chi connectivity index (χ3n) is 4.18. The zero-order valence-electron chi connectivity index (χ0n) is 13.4. The molecule has 2 aromatic carbocycles. The number of rotatable bonds is 4. The van der Waals surface area contributed by atoms with Crippen LogP contribution in [0.2, 0.25) is 0 Å². The second-order valence-electron chi connectivity index (χ2n) is 5.67. The summed E-state index contributed by atoms with van der Waals surface area (Å²) < 4.78 is 0. The van der Waals surface area contributed by atoms with Crippen molar-refractivity contribution in [1.82, 2.24) is 4.90 Å². The van der Waals surface area contributed by atoms with E-state index in [1.165, 1.54) is 5.69 Å². The van der Waals surface area contributed by atoms with Crippen LogP contribution in [0, 0.1) is 0 Å². The average molecular weight is 327 g/mol. The molecule has 2 aromatic rings. The van der Waals surface area contributed by atoms with Gasteiger partial charge in [0.1, 0.15) is 0 Å². The molecule has 0 aliphatic carbocycles. The third kappa shape index (κ3) is 3.62. The van der Waals surface area contributed by atoms with Crippen molar-refractivity contribution in [3.63, 3.8) is 0 Å². The van der Waals surface area contributed by atoms with Gasteiger partial charge in [-0.3, -0.25) is 0 Å². The van der Waals surface area contributed by atoms with Gasteiger partial charge in [-0.05, 0) is 36.6 Å². The number of nitrogens with zero attached hydrogens (tertiary/aromatic N) is 2. The summed E-state index contributed by atoms with van der Waals surface area (Å²) in [5, 5.41) is 2.97. The Balaban J connectivity index is 1.53. The first-order valence-corrected chi connectivity index (χ1v) is 8.87. The van der Waals surface area contributed by atoms with Crippen LogP contribution in [-0.4, -0.2) is 43.4 Å². The number of likely N-dealkylation sites (tertiary alicyclic amines) is 1. The van der Waals surface area contributed by atoms with Crippen molar-refractivity contribution in [3.8, 4) is 0 Å². The van der Waals surface area contributed by atoms with Gasteiger partial charge in [0.05, 0.1) is 6.04 Å². The van der Waals surface area contributed by atoms with Crippen molar-refractivity contribution in [3.05, 3.63) is 54.6 Å². The van der Waals surface area contributed by atoms with Gasteiger partial charge in [0, 0.05) is 36.4 Å². The molecule has 0 saturated carbocycles. The van der Waals surface area contributed by atoms with Crippen molar-refractivity contribution in [2.75, 3.05) is 36.6 Å². The number of anilines is 2. The molecule has 23 heavy (non-hydrogen) atoms. The van der Waals surface area contributed by atoms with E-state index in [1.807, 2.05) is 53.6 Å². The highest BCUT2D eigenvalue weighted by Gasteiger charge is 2.33. The number of urea groups is 1. The van der Waals surface area contributed by atoms with Crippen molar-refractivity contribution >= 4 is 29.2 Å². The number of carbonyl (C=O) groups excluding carboxylic acids is 1. The van der Waals surface area contributed by atoms with E-state index in [4.69, 9.17) is 0 Å². The highest BCUT2D eigenvalue weighted by atomic mass is 32.2. The number of carbonyl (C=O) groups is 1. The molecule has 5 heteroatoms. The monoisotopic (exact) mass is 327 g/mol. The molecule has 3 rings (SSSR count). The number of thioether (sulfide) groups is 1. The van der Waals surface area contributed by atoms with Crippen molar-refractivity contribution in [1.29, 1.82) is 0 Å². The lowest BCUT2D eigenvalue weighted by Crippen LogP contribution is -2.61. The summed E-state index contributed by atoms with van der Waals surface area (Å²) in [5.74, 6) is 0. The van der Waals surface area contributed by atoms with E-state index in [2.05, 4.69) is 29.4 Å². The summed E-state index contributed by atoms with van der Waals surface area (Å²) in [5.41, 5.74) is 2.03. The number of benzene rings is 2. The molecule has 0 radical (unpaired) electrons. The van der Waals surface area contributed by atoms with E-state index in [1.54, 1.807) is 11.8 Å². The molecule has 0 atom stereocenters. The van der Waals surface area contributed by atoms with Gasteiger partial charge in [0.2, 0.25) is 0 Å². The first-order chi connectivity index (χ1) is 11.2. The Bertz CT molecular complexity index is 671. The molecular formula is C18H21N3OS. The van der Waals surface area contributed by atoms with Gasteiger partial charge in [-0.15, -0.1) is 11.8 Å². The Labute approximate surface area is 141 Å². The molecule has 1 fully saturated rings. The number of nitrogens with one attached hydrogen (secondary N) is 1. The minimum Gasteiger partial charge on any atom is -0.368 e. The van der Waals surface area contributed by atoms with Crippen molar-refractivity contribution in [2.24, 2.45) is 0 Å². The molecule has 0 aromatic heterocycles. The second-order valence-corrected chi connectivity index (χ2v) is 6.55. The fourth-order valence-electron chi connectivity index (χ4n) is 2.64. The Morgan fingerprint density at radius 1 is 1.17 bits per heavy atom. The van der Waals surface area contributed by atoms with Gasteiger partial charge in [-0.1, -0.05) is 24.3 Å². The second kappa shape index (κ2) is 6.96. The lowest BCUT2D eigenvalue weighted by Gasteiger charge is -2.44. The van der Waals surface area contributed by atoms with E-state index >= 15 is 0 Å². The minimum atomic E-state index is -0.0269. The van der Waals surface area contributed by atoms with Crippen LogP contribution < -0.4 is 10.2 Å². The Hall–Kier alpha value is -2.14. The molecule has 120 valence electrons. The highest BCUT2D eigenvalue weighted by Crippen LogP contribution is 2.23. The van der Waals surface area contributed by atoms with E-state index in [0.717, 1.165) is 23.7 Å². The third-order valence-corrected chi connectivity index (χ3v) is 4.91. The molecule has 2 amide bonds. The first kappa shape index (κ1) is 15.7. The van der Waals surface area contributed by atoms with E-state index in [-0.39, 0.29) is 6.03 Å². The van der Waals surface area contributed by atoms with Crippen LogP contribution in [-0.2, 0) is 0 Å². The number of hydrogen-bond acceptors (Lipinski definition) is 3. The van der Waals surface area contributed by atoms with Crippen molar-refractivity contribution < 1.29 is 4.79 Å². The first-order valence-electron chi connectivity index (χ1n) is 7.65. The topological polar surface area (TPSA) is 35.6 Å². The zero-order valence-corrected chi connectivity index (χ0v) is 14.2. The summed E-state index contributed by atoms with van der Waals surface area (Å²) in [6.07, 6.45) is 2.03. The Morgan fingerprint density at radius 2 is 1.91 bits per heavy atom. The van der Waals surface area contributed by atoms with Crippen LogP contribution in [0.3, 0.4) is 0 Å². The maximum absolute atomic E-state index is 12.3. The molecule has 1 saturated heterocycles. The quantitative estimate of drug-likeness (QED) is 0.869. The molecule has 1 N–H and O–H groups in total. The fourth-order valence-corrected chi connectivity index (χ4v) is 3.10. The lowest BCUT2D eigenvalue weighted by molar-refractivity contribution is 0.163. The van der Waals surface area contributed by atoms with Crippen LogP contribution in [0.4, 0.5) is 16.2 Å². The molecule has 1 heterocycles. The van der Waals surface area contributed by atoms with Gasteiger partial charge >= 0.3 is 6.03 Å². The molecule has 0 bridgehead atoms. The predicted octanol–water partition coefficient (Wildman–Crippen LogP) is 3.76. The largest absolute Gasteiger partial charge is 0.368 e. The SMILES string of the molecule is CSc1cccc(NC(=O)N2CC(N(C)c3ccccc3)C2)c1. The zero-order chi connectivity index (χ0) is 16.2. The summed E-state index contributed by atoms with van der Waals surface area (Å²) in [6, 6.07) is 18.5. The lowest BCUT2D eigenvalue weighted by atomic mass is 10.1. The van der Waals surface area contributed by atoms with E-state index < -0.39 is 0 Å². The summed E-state index contributed by atoms with van der Waals surface area (Å²) >= 11 is 1.67. The molecule has 1 aliphatic rings. The van der Waals surface area contributed by atoms with Crippen LogP contribution >= 0.6 is 11.8 Å². The van der Waals surface area contributed by atoms with Crippen LogP contribution in [0.15, 0.2) is 59.5 Å². The van der Waals surface area contributed by atoms with Gasteiger partial charge in [0.15, 0.2) is 0 Å². The molecule has 0 spiro atoms. The van der Waals surface area contributed by atoms with Crippen LogP contribution in [0.1, 0.15) is 0 Å². The average Bonchev–Trinajstić information content (AvgIpc) is 2.54. The molecular weight excluding hydrogens is 306 g/mol. The molecule has 1 aliphatic heterocycles. The number of para-hydroxylation sites is 1. The highest BCUT2D eigenvalue weighted by molar-refractivity contribution is 7.98. The number of likely N-dealkylation sites (N-methyl/N-ethyl adjacent to an activating group) is 1. The predicted molar refractivity (Wildman–Crippen MR) is 97.4 cm³/mol. The smallest absolute Gasteiger partial charge is 0.321 e. The Kier molecular flexibility index (Phi) is 4.76. The van der Waals surface area contributed by atoms with E-state index in [9.17, 15) is 4.79 Å². The maximum atomic E-state index is 12.3. The molecule has 0 unspecified atom stereocenters. The summed E-state index contributed by atoms with van der Waals surface area (Å²) in [7, 11) is 2.08. The fraction of sp³-hybridized carbons (Fsp3) is 0.278. The van der Waals surface area contributed by atoms with Gasteiger partial charge < -0.3 is 15.1 Å². The number of amides is 2. The standard InChI is InChI=1S/C18H21N3OS/c1-20(15-8-4-3-5-9-15)16-12-21(13-16)18(22)19-14-7-6-10-17(11-14)23-2/h3-11,16H,12-13H2,1-2H3,(H,19,22). The normalized spacial score (nSPS) is 14.3. The maximum Gasteiger partial charge on any atom is 0.321 e. The van der Waals surface area contributed by atoms with Gasteiger partial charge in [-0.2, -0.15) is 0 Å². The van der Waals surface area contributed by atoms with Crippen molar-refractivity contribution in [2.45, 2.75) is 10.9 Å². The van der Waals surface area contributed by atoms with Gasteiger partial charge in [-0.25, -0.2) is 4.79 Å². The number of hydrogen-bond donors (Lipinski definition) is 1. The van der Waals surface area contributed by atoms with Gasteiger partial charge in [0.25, 0.3) is 0 Å². The summed E-state index contributed by atoms with van der Waals surface area (Å²) in [4.78, 5) is 17.5. The summed E-state index contributed by atoms with van der Waals surface area (Å²) in [6.45, 7) is 1.50. The minimum absolute atomic E-state index is 0.0269. The Morgan fingerprint density at radius 3 is 2.61 bits per heavy atom. The van der Waals surface area contributed by atoms with Crippen LogP contribution in [0.5, 0.6) is 0 Å². The van der Waals surface area contributed by atoms with Crippen LogP contribution in [0.25, 0.3) is 0 Å². The van der Waals surface area contributed by atoms with E-state index in [0.29, 0.717) is 6.04 Å².